The van der Waals surface area contributed by atoms with E-state index in [0.29, 0.717) is 12.0 Å². The van der Waals surface area contributed by atoms with Crippen molar-refractivity contribution < 1.29 is 4.79 Å². The van der Waals surface area contributed by atoms with Crippen molar-refractivity contribution in [3.63, 3.8) is 0 Å². The number of likely N-dealkylation sites (tertiary alicyclic amines) is 1. The molecule has 0 spiro atoms. The molecule has 2 unspecified atom stereocenters. The fourth-order valence-electron chi connectivity index (χ4n) is 2.60. The molecule has 2 rings (SSSR count). The van der Waals surface area contributed by atoms with Crippen LogP contribution in [0.25, 0.3) is 0 Å². The number of hydrogen-bond donors (Lipinski definition) is 2. The number of amides is 1. The standard InChI is InChI=1S/C13H25N3OS/c1-10(2)16-5-3-11(8-16)7-15-13(17)12-9-18-6-4-14-12/h10-12,14H,3-9H2,1-2H3,(H,15,17). The number of carbonyl (C=O) groups excluding carboxylic acids is 1. The van der Waals surface area contributed by atoms with Gasteiger partial charge in [-0.05, 0) is 32.7 Å². The summed E-state index contributed by atoms with van der Waals surface area (Å²) in [6.45, 7) is 8.58. The fourth-order valence-corrected chi connectivity index (χ4v) is 3.53. The Hall–Kier alpha value is -0.260. The molecule has 5 heteroatoms. The largest absolute Gasteiger partial charge is 0.354 e. The molecule has 1 amide bonds. The molecule has 2 atom stereocenters. The second-order valence-electron chi connectivity index (χ2n) is 5.57. The van der Waals surface area contributed by atoms with E-state index >= 15 is 0 Å². The van der Waals surface area contributed by atoms with Crippen molar-refractivity contribution in [2.24, 2.45) is 5.92 Å². The molecule has 18 heavy (non-hydrogen) atoms. The zero-order chi connectivity index (χ0) is 13.0. The third kappa shape index (κ3) is 3.87. The van der Waals surface area contributed by atoms with Crippen LogP contribution in [-0.2, 0) is 4.79 Å². The molecule has 0 bridgehead atoms. The summed E-state index contributed by atoms with van der Waals surface area (Å²) >= 11 is 1.86. The molecule has 104 valence electrons. The maximum absolute atomic E-state index is 12.0. The SMILES string of the molecule is CC(C)N1CCC(CNC(=O)C2CSCCN2)C1. The lowest BCUT2D eigenvalue weighted by atomic mass is 10.1. The maximum Gasteiger partial charge on any atom is 0.238 e. The summed E-state index contributed by atoms with van der Waals surface area (Å²) in [4.78, 5) is 14.5. The molecule has 0 aromatic heterocycles. The summed E-state index contributed by atoms with van der Waals surface area (Å²) in [6.07, 6.45) is 1.21. The van der Waals surface area contributed by atoms with E-state index < -0.39 is 0 Å². The lowest BCUT2D eigenvalue weighted by Crippen LogP contribution is -2.49. The van der Waals surface area contributed by atoms with Gasteiger partial charge in [0.25, 0.3) is 0 Å². The molecule has 2 fully saturated rings. The Morgan fingerprint density at radius 3 is 3.00 bits per heavy atom. The molecule has 0 radical (unpaired) electrons. The smallest absolute Gasteiger partial charge is 0.238 e. The number of nitrogens with one attached hydrogen (secondary N) is 2. The second kappa shape index (κ2) is 6.78. The van der Waals surface area contributed by atoms with E-state index in [9.17, 15) is 4.79 Å². The number of carbonyl (C=O) groups is 1. The van der Waals surface area contributed by atoms with Crippen LogP contribution in [0.1, 0.15) is 20.3 Å². The quantitative estimate of drug-likeness (QED) is 0.783. The summed E-state index contributed by atoms with van der Waals surface area (Å²) < 4.78 is 0. The average Bonchev–Trinajstić information content (AvgIpc) is 2.86. The summed E-state index contributed by atoms with van der Waals surface area (Å²) in [5.41, 5.74) is 0. The van der Waals surface area contributed by atoms with Crippen molar-refractivity contribution in [2.45, 2.75) is 32.4 Å². The minimum Gasteiger partial charge on any atom is -0.354 e. The Morgan fingerprint density at radius 1 is 1.56 bits per heavy atom. The molecule has 0 aromatic carbocycles. The summed E-state index contributed by atoms with van der Waals surface area (Å²) in [6, 6.07) is 0.647. The Balaban J connectivity index is 1.67. The van der Waals surface area contributed by atoms with Gasteiger partial charge < -0.3 is 15.5 Å². The van der Waals surface area contributed by atoms with E-state index in [0.717, 1.165) is 31.1 Å². The van der Waals surface area contributed by atoms with Crippen LogP contribution >= 0.6 is 11.8 Å². The van der Waals surface area contributed by atoms with Crippen LogP contribution in [0, 0.1) is 5.92 Å². The van der Waals surface area contributed by atoms with E-state index in [2.05, 4.69) is 29.4 Å². The van der Waals surface area contributed by atoms with Crippen molar-refractivity contribution in [1.82, 2.24) is 15.5 Å². The van der Waals surface area contributed by atoms with Gasteiger partial charge in [-0.3, -0.25) is 4.79 Å². The second-order valence-corrected chi connectivity index (χ2v) is 6.72. The minimum absolute atomic E-state index is 0.0198. The Bertz CT molecular complexity index is 279. The average molecular weight is 271 g/mol. The van der Waals surface area contributed by atoms with Crippen LogP contribution in [0.5, 0.6) is 0 Å². The number of rotatable bonds is 4. The first kappa shape index (κ1) is 14.2. The van der Waals surface area contributed by atoms with E-state index in [1.807, 2.05) is 11.8 Å². The van der Waals surface area contributed by atoms with Gasteiger partial charge in [0.1, 0.15) is 0 Å². The van der Waals surface area contributed by atoms with Gasteiger partial charge in [-0.2, -0.15) is 11.8 Å². The highest BCUT2D eigenvalue weighted by Crippen LogP contribution is 2.17. The van der Waals surface area contributed by atoms with Crippen molar-refractivity contribution in [1.29, 1.82) is 0 Å². The van der Waals surface area contributed by atoms with Crippen LogP contribution in [0.4, 0.5) is 0 Å². The molecule has 2 saturated heterocycles. The zero-order valence-corrected chi connectivity index (χ0v) is 12.3. The van der Waals surface area contributed by atoms with Crippen LogP contribution in [0.3, 0.4) is 0 Å². The number of thioether (sulfide) groups is 1. The molecule has 0 aromatic rings. The normalized spacial score (nSPS) is 29.7. The summed E-state index contributed by atoms with van der Waals surface area (Å²) in [7, 11) is 0. The van der Waals surface area contributed by atoms with Crippen molar-refractivity contribution in [3.05, 3.63) is 0 Å². The molecular weight excluding hydrogens is 246 g/mol. The molecule has 0 aliphatic carbocycles. The van der Waals surface area contributed by atoms with Gasteiger partial charge in [-0.15, -0.1) is 0 Å². The first-order valence-corrected chi connectivity index (χ1v) is 8.15. The van der Waals surface area contributed by atoms with E-state index in [1.54, 1.807) is 0 Å². The molecule has 4 nitrogen and oxygen atoms in total. The van der Waals surface area contributed by atoms with Gasteiger partial charge in [-0.25, -0.2) is 0 Å². The predicted octanol–water partition coefficient (Wildman–Crippen LogP) is 0.538. The molecule has 2 N–H and O–H groups in total. The van der Waals surface area contributed by atoms with Crippen molar-refractivity contribution in [3.8, 4) is 0 Å². The fraction of sp³-hybridized carbons (Fsp3) is 0.923. The highest BCUT2D eigenvalue weighted by molar-refractivity contribution is 7.99. The maximum atomic E-state index is 12.0. The predicted molar refractivity (Wildman–Crippen MR) is 76.9 cm³/mol. The van der Waals surface area contributed by atoms with Crippen LogP contribution in [0.15, 0.2) is 0 Å². The van der Waals surface area contributed by atoms with Crippen molar-refractivity contribution >= 4 is 17.7 Å². The van der Waals surface area contributed by atoms with Crippen LogP contribution in [0.2, 0.25) is 0 Å². The summed E-state index contributed by atoms with van der Waals surface area (Å²) in [5, 5.41) is 6.39. The Labute approximate surface area is 114 Å². The molecule has 2 aliphatic heterocycles. The first-order chi connectivity index (χ1) is 8.66. The summed E-state index contributed by atoms with van der Waals surface area (Å²) in [5.74, 6) is 2.85. The monoisotopic (exact) mass is 271 g/mol. The number of nitrogens with zero attached hydrogens (tertiary/aromatic N) is 1. The molecule has 0 saturated carbocycles. The van der Waals surface area contributed by atoms with Gasteiger partial charge >= 0.3 is 0 Å². The lowest BCUT2D eigenvalue weighted by molar-refractivity contribution is -0.122. The van der Waals surface area contributed by atoms with Gasteiger partial charge in [0.05, 0.1) is 6.04 Å². The first-order valence-electron chi connectivity index (χ1n) is 6.99. The van der Waals surface area contributed by atoms with Gasteiger partial charge in [0.2, 0.25) is 5.91 Å². The van der Waals surface area contributed by atoms with E-state index in [-0.39, 0.29) is 11.9 Å². The third-order valence-electron chi connectivity index (χ3n) is 3.85. The van der Waals surface area contributed by atoms with Crippen LogP contribution < -0.4 is 10.6 Å². The van der Waals surface area contributed by atoms with E-state index in [4.69, 9.17) is 0 Å². The van der Waals surface area contributed by atoms with Crippen LogP contribution in [-0.4, -0.2) is 60.6 Å². The molecule has 2 aliphatic rings. The number of hydrogen-bond acceptors (Lipinski definition) is 4. The lowest BCUT2D eigenvalue weighted by Gasteiger charge is -2.23. The topological polar surface area (TPSA) is 44.4 Å². The van der Waals surface area contributed by atoms with Gasteiger partial charge in [0, 0.05) is 37.2 Å². The Morgan fingerprint density at radius 2 is 2.39 bits per heavy atom. The van der Waals surface area contributed by atoms with E-state index in [1.165, 1.54) is 13.0 Å². The van der Waals surface area contributed by atoms with Crippen molar-refractivity contribution in [2.75, 3.05) is 37.7 Å². The zero-order valence-electron chi connectivity index (χ0n) is 11.4. The highest BCUT2D eigenvalue weighted by Gasteiger charge is 2.26. The Kier molecular flexibility index (Phi) is 5.33. The molecular formula is C13H25N3OS. The van der Waals surface area contributed by atoms with Gasteiger partial charge in [0.15, 0.2) is 0 Å². The highest BCUT2D eigenvalue weighted by atomic mass is 32.2. The molecule has 2 heterocycles. The van der Waals surface area contributed by atoms with Gasteiger partial charge in [-0.1, -0.05) is 0 Å². The minimum atomic E-state index is 0.0198. The third-order valence-corrected chi connectivity index (χ3v) is 4.91.